The molecule has 2 fully saturated rings. The number of rotatable bonds is 3. The number of hydrogen-bond acceptors (Lipinski definition) is 4. The number of ether oxygens (including phenoxy) is 2. The van der Waals surface area contributed by atoms with Gasteiger partial charge in [0.2, 0.25) is 11.8 Å². The Bertz CT molecular complexity index is 596. The minimum absolute atomic E-state index is 0.0850. The third-order valence-electron chi connectivity index (χ3n) is 4.96. The Labute approximate surface area is 142 Å². The highest BCUT2D eigenvalue weighted by molar-refractivity contribution is 5.85. The summed E-state index contributed by atoms with van der Waals surface area (Å²) in [5.74, 6) is 0.763. The molecule has 0 bridgehead atoms. The van der Waals surface area contributed by atoms with Gasteiger partial charge in [0.15, 0.2) is 0 Å². The Hall–Kier alpha value is -2.08. The van der Waals surface area contributed by atoms with Crippen LogP contribution in [0.2, 0.25) is 0 Å². The van der Waals surface area contributed by atoms with Crippen molar-refractivity contribution in [3.05, 3.63) is 29.8 Å². The first-order valence-electron chi connectivity index (χ1n) is 8.38. The van der Waals surface area contributed by atoms with E-state index in [1.54, 1.807) is 19.1 Å². The molecule has 1 aromatic carbocycles. The number of morpholine rings is 1. The van der Waals surface area contributed by atoms with Crippen LogP contribution in [0.5, 0.6) is 5.75 Å². The van der Waals surface area contributed by atoms with Crippen molar-refractivity contribution in [1.29, 1.82) is 0 Å². The summed E-state index contributed by atoms with van der Waals surface area (Å²) in [6.07, 6.45) is 1.01. The molecule has 2 amide bonds. The Morgan fingerprint density at radius 1 is 1.21 bits per heavy atom. The van der Waals surface area contributed by atoms with Crippen LogP contribution in [0, 0.1) is 5.92 Å². The molecule has 2 saturated heterocycles. The number of methoxy groups -OCH3 is 1. The van der Waals surface area contributed by atoms with Crippen molar-refractivity contribution in [2.75, 3.05) is 40.5 Å². The normalized spacial score (nSPS) is 24.8. The monoisotopic (exact) mass is 332 g/mol. The van der Waals surface area contributed by atoms with E-state index in [0.717, 1.165) is 11.3 Å². The van der Waals surface area contributed by atoms with Gasteiger partial charge in [-0.3, -0.25) is 9.59 Å². The van der Waals surface area contributed by atoms with Gasteiger partial charge in [-0.1, -0.05) is 12.1 Å². The molecule has 0 aliphatic carbocycles. The quantitative estimate of drug-likeness (QED) is 0.841. The van der Waals surface area contributed by atoms with Crippen molar-refractivity contribution < 1.29 is 19.1 Å². The molecule has 6 nitrogen and oxygen atoms in total. The molecule has 3 rings (SSSR count). The first-order chi connectivity index (χ1) is 11.6. The average molecular weight is 332 g/mol. The number of carbonyl (C=O) groups is 2. The summed E-state index contributed by atoms with van der Waals surface area (Å²) in [5, 5.41) is 0. The zero-order valence-electron chi connectivity index (χ0n) is 14.2. The van der Waals surface area contributed by atoms with Crippen molar-refractivity contribution in [3.8, 4) is 5.75 Å². The number of nitrogens with zero attached hydrogens (tertiary/aromatic N) is 2. The molecule has 0 saturated carbocycles. The van der Waals surface area contributed by atoms with E-state index in [9.17, 15) is 9.59 Å². The maximum Gasteiger partial charge on any atom is 0.228 e. The zero-order chi connectivity index (χ0) is 17.1. The lowest BCUT2D eigenvalue weighted by Crippen LogP contribution is -2.50. The van der Waals surface area contributed by atoms with Crippen LogP contribution in [0.15, 0.2) is 24.3 Å². The number of carbonyl (C=O) groups excluding carboxylic acids is 2. The molecular formula is C18H24N2O4. The van der Waals surface area contributed by atoms with E-state index in [4.69, 9.17) is 9.47 Å². The highest BCUT2D eigenvalue weighted by Crippen LogP contribution is 2.37. The number of piperidine rings is 1. The zero-order valence-corrected chi connectivity index (χ0v) is 14.2. The number of hydrogen-bond donors (Lipinski definition) is 0. The summed E-state index contributed by atoms with van der Waals surface area (Å²) in [5.41, 5.74) is 0.970. The lowest BCUT2D eigenvalue weighted by molar-refractivity contribution is -0.149. The van der Waals surface area contributed by atoms with Crippen LogP contribution >= 0.6 is 0 Å². The largest absolute Gasteiger partial charge is 0.497 e. The fourth-order valence-electron chi connectivity index (χ4n) is 3.57. The summed E-state index contributed by atoms with van der Waals surface area (Å²) in [6, 6.07) is 7.40. The number of benzene rings is 1. The number of amides is 2. The molecule has 0 unspecified atom stereocenters. The van der Waals surface area contributed by atoms with Gasteiger partial charge in [0, 0.05) is 26.6 Å². The van der Waals surface area contributed by atoms with Gasteiger partial charge >= 0.3 is 0 Å². The van der Waals surface area contributed by atoms with Crippen LogP contribution in [0.4, 0.5) is 0 Å². The maximum atomic E-state index is 13.0. The average Bonchev–Trinajstić information content (AvgIpc) is 2.64. The van der Waals surface area contributed by atoms with E-state index in [-0.39, 0.29) is 23.8 Å². The van der Waals surface area contributed by atoms with E-state index in [1.165, 1.54) is 0 Å². The standard InChI is InChI=1S/C18H24N2O4/c1-19-16(21)8-7-15(18(22)20-9-11-24-12-10-20)17(19)13-3-5-14(23-2)6-4-13/h3-6,15,17H,7-12H2,1-2H3/t15-,17-/m1/s1. The molecule has 1 aromatic rings. The second kappa shape index (κ2) is 7.21. The molecule has 2 heterocycles. The van der Waals surface area contributed by atoms with Crippen LogP contribution in [0.25, 0.3) is 0 Å². The fourth-order valence-corrected chi connectivity index (χ4v) is 3.57. The lowest BCUT2D eigenvalue weighted by Gasteiger charge is -2.41. The lowest BCUT2D eigenvalue weighted by atomic mass is 9.83. The predicted molar refractivity (Wildman–Crippen MR) is 88.6 cm³/mol. The molecule has 2 aliphatic rings. The third kappa shape index (κ3) is 3.24. The Kier molecular flexibility index (Phi) is 5.04. The van der Waals surface area contributed by atoms with Crippen LogP contribution < -0.4 is 4.74 Å². The van der Waals surface area contributed by atoms with Gasteiger partial charge in [-0.05, 0) is 24.1 Å². The molecular weight excluding hydrogens is 308 g/mol. The predicted octanol–water partition coefficient (Wildman–Crippen LogP) is 1.46. The molecule has 0 spiro atoms. The minimum atomic E-state index is -0.229. The van der Waals surface area contributed by atoms with Gasteiger partial charge in [-0.15, -0.1) is 0 Å². The van der Waals surface area contributed by atoms with Crippen molar-refractivity contribution in [3.63, 3.8) is 0 Å². The van der Waals surface area contributed by atoms with Gasteiger partial charge < -0.3 is 19.3 Å². The summed E-state index contributed by atoms with van der Waals surface area (Å²) in [7, 11) is 3.41. The molecule has 0 N–H and O–H groups in total. The van der Waals surface area contributed by atoms with Crippen LogP contribution in [0.1, 0.15) is 24.4 Å². The Morgan fingerprint density at radius 3 is 2.50 bits per heavy atom. The summed E-state index contributed by atoms with van der Waals surface area (Å²) in [4.78, 5) is 28.8. The second-order valence-corrected chi connectivity index (χ2v) is 6.31. The van der Waals surface area contributed by atoms with Gasteiger partial charge in [0.05, 0.1) is 32.3 Å². The minimum Gasteiger partial charge on any atom is -0.497 e. The van der Waals surface area contributed by atoms with Gasteiger partial charge in [-0.25, -0.2) is 0 Å². The van der Waals surface area contributed by atoms with Crippen molar-refractivity contribution in [1.82, 2.24) is 9.80 Å². The molecule has 6 heteroatoms. The van der Waals surface area contributed by atoms with Gasteiger partial charge in [-0.2, -0.15) is 0 Å². The third-order valence-corrected chi connectivity index (χ3v) is 4.96. The summed E-state index contributed by atoms with van der Waals surface area (Å²) in [6.45, 7) is 2.42. The van der Waals surface area contributed by atoms with E-state index < -0.39 is 0 Å². The first kappa shape index (κ1) is 16.8. The SMILES string of the molecule is COc1ccc([C@@H]2[C@H](C(=O)N3CCOCC3)CCC(=O)N2C)cc1. The van der Waals surface area contributed by atoms with Crippen LogP contribution in [0.3, 0.4) is 0 Å². The molecule has 24 heavy (non-hydrogen) atoms. The Balaban J connectivity index is 1.86. The van der Waals surface area contributed by atoms with Crippen molar-refractivity contribution in [2.45, 2.75) is 18.9 Å². The first-order valence-corrected chi connectivity index (χ1v) is 8.38. The highest BCUT2D eigenvalue weighted by atomic mass is 16.5. The highest BCUT2D eigenvalue weighted by Gasteiger charge is 2.40. The number of likely N-dealkylation sites (tertiary alicyclic amines) is 1. The molecule has 0 aromatic heterocycles. The van der Waals surface area contributed by atoms with Gasteiger partial charge in [0.25, 0.3) is 0 Å². The van der Waals surface area contributed by atoms with Gasteiger partial charge in [0.1, 0.15) is 5.75 Å². The van der Waals surface area contributed by atoms with E-state index in [0.29, 0.717) is 39.1 Å². The second-order valence-electron chi connectivity index (χ2n) is 6.31. The molecule has 0 radical (unpaired) electrons. The summed E-state index contributed by atoms with van der Waals surface area (Å²) < 4.78 is 10.5. The van der Waals surface area contributed by atoms with E-state index >= 15 is 0 Å². The Morgan fingerprint density at radius 2 is 1.88 bits per heavy atom. The van der Waals surface area contributed by atoms with Crippen LogP contribution in [-0.4, -0.2) is 62.1 Å². The van der Waals surface area contributed by atoms with Crippen LogP contribution in [-0.2, 0) is 14.3 Å². The van der Waals surface area contributed by atoms with E-state index in [2.05, 4.69) is 0 Å². The molecule has 2 aliphatic heterocycles. The molecule has 2 atom stereocenters. The van der Waals surface area contributed by atoms with Crippen molar-refractivity contribution in [2.24, 2.45) is 5.92 Å². The maximum absolute atomic E-state index is 13.0. The topological polar surface area (TPSA) is 59.1 Å². The van der Waals surface area contributed by atoms with E-state index in [1.807, 2.05) is 29.2 Å². The van der Waals surface area contributed by atoms with Crippen molar-refractivity contribution >= 4 is 11.8 Å². The fraction of sp³-hybridized carbons (Fsp3) is 0.556. The molecule has 130 valence electrons. The summed E-state index contributed by atoms with van der Waals surface area (Å²) >= 11 is 0. The smallest absolute Gasteiger partial charge is 0.228 e.